The van der Waals surface area contributed by atoms with Crippen LogP contribution in [0, 0.1) is 0 Å². The summed E-state index contributed by atoms with van der Waals surface area (Å²) in [5.41, 5.74) is 1.44. The van der Waals surface area contributed by atoms with Gasteiger partial charge >= 0.3 is 0 Å². The van der Waals surface area contributed by atoms with Gasteiger partial charge in [-0.05, 0) is 29.9 Å². The summed E-state index contributed by atoms with van der Waals surface area (Å²) in [5.74, 6) is 0. The molecular weight excluding hydrogens is 246 g/mol. The van der Waals surface area contributed by atoms with Crippen molar-refractivity contribution in [2.24, 2.45) is 0 Å². The predicted molar refractivity (Wildman–Crippen MR) is 75.0 cm³/mol. The Bertz CT molecular complexity index is 353. The van der Waals surface area contributed by atoms with Crippen molar-refractivity contribution in [3.8, 4) is 0 Å². The summed E-state index contributed by atoms with van der Waals surface area (Å²) in [6, 6.07) is 2.20. The van der Waals surface area contributed by atoms with E-state index in [2.05, 4.69) is 23.3 Å². The Balaban J connectivity index is 1.67. The van der Waals surface area contributed by atoms with Crippen LogP contribution < -0.4 is 0 Å². The van der Waals surface area contributed by atoms with Gasteiger partial charge in [0.15, 0.2) is 0 Å². The highest BCUT2D eigenvalue weighted by Crippen LogP contribution is 2.23. The number of unbranched alkanes of at least 4 members (excludes halogenated alkanes) is 1. The molecule has 3 nitrogen and oxygen atoms in total. The molecule has 1 aromatic rings. The van der Waals surface area contributed by atoms with Crippen molar-refractivity contribution in [3.63, 3.8) is 0 Å². The second kappa shape index (κ2) is 7.24. The monoisotopic (exact) mass is 269 g/mol. The minimum absolute atomic E-state index is 0.359. The molecule has 0 aromatic carbocycles. The number of hydrogen-bond donors (Lipinski definition) is 1. The zero-order valence-electron chi connectivity index (χ0n) is 11.1. The van der Waals surface area contributed by atoms with E-state index in [0.29, 0.717) is 6.61 Å². The van der Waals surface area contributed by atoms with E-state index in [9.17, 15) is 5.11 Å². The normalized spacial score (nSPS) is 17.7. The lowest BCUT2D eigenvalue weighted by Gasteiger charge is -2.28. The lowest BCUT2D eigenvalue weighted by atomic mass is 10.1. The molecule has 0 fully saturated rings. The Kier molecular flexibility index (Phi) is 5.63. The van der Waals surface area contributed by atoms with Gasteiger partial charge in [0.05, 0.1) is 12.7 Å². The Morgan fingerprint density at radius 1 is 1.56 bits per heavy atom. The van der Waals surface area contributed by atoms with Crippen LogP contribution in [-0.2, 0) is 17.7 Å². The Hall–Kier alpha value is -0.420. The number of ether oxygens (including phenoxy) is 1. The zero-order chi connectivity index (χ0) is 12.8. The minimum atomic E-state index is -0.359. The van der Waals surface area contributed by atoms with Gasteiger partial charge < -0.3 is 9.84 Å². The van der Waals surface area contributed by atoms with Gasteiger partial charge in [0.1, 0.15) is 0 Å². The van der Waals surface area contributed by atoms with Crippen LogP contribution in [0.15, 0.2) is 11.4 Å². The van der Waals surface area contributed by atoms with Crippen LogP contribution in [0.2, 0.25) is 0 Å². The summed E-state index contributed by atoms with van der Waals surface area (Å²) in [6.45, 7) is 6.13. The maximum absolute atomic E-state index is 9.94. The van der Waals surface area contributed by atoms with Crippen LogP contribution >= 0.6 is 11.3 Å². The van der Waals surface area contributed by atoms with E-state index in [1.54, 1.807) is 0 Å². The molecule has 4 heteroatoms. The van der Waals surface area contributed by atoms with Gasteiger partial charge in [0.25, 0.3) is 0 Å². The van der Waals surface area contributed by atoms with E-state index in [1.807, 2.05) is 11.3 Å². The van der Waals surface area contributed by atoms with Crippen LogP contribution in [0.5, 0.6) is 0 Å². The van der Waals surface area contributed by atoms with Gasteiger partial charge in [0.2, 0.25) is 0 Å². The van der Waals surface area contributed by atoms with Crippen LogP contribution in [0.1, 0.15) is 30.2 Å². The zero-order valence-corrected chi connectivity index (χ0v) is 11.9. The highest BCUT2D eigenvalue weighted by molar-refractivity contribution is 7.10. The number of fused-ring (bicyclic) bond motifs is 1. The molecule has 0 radical (unpaired) electrons. The Labute approximate surface area is 113 Å². The molecule has 1 aliphatic heterocycles. The number of aliphatic hydroxyl groups excluding tert-OH is 1. The van der Waals surface area contributed by atoms with Gasteiger partial charge in [-0.15, -0.1) is 11.3 Å². The maximum atomic E-state index is 9.94. The smallest absolute Gasteiger partial charge is 0.0900 e. The van der Waals surface area contributed by atoms with Crippen molar-refractivity contribution >= 4 is 11.3 Å². The lowest BCUT2D eigenvalue weighted by molar-refractivity contribution is 0.0136. The molecule has 1 atom stereocenters. The molecule has 0 amide bonds. The molecule has 1 aromatic heterocycles. The fraction of sp³-hybridized carbons (Fsp3) is 0.714. The SMILES string of the molecule is CCCCOCC(O)CN1CCc2sccc2C1. The van der Waals surface area contributed by atoms with Crippen LogP contribution in [0.3, 0.4) is 0 Å². The highest BCUT2D eigenvalue weighted by atomic mass is 32.1. The number of rotatable bonds is 7. The first-order chi connectivity index (χ1) is 8.79. The largest absolute Gasteiger partial charge is 0.389 e. The summed E-state index contributed by atoms with van der Waals surface area (Å²) >= 11 is 1.85. The second-order valence-corrected chi connectivity index (χ2v) is 5.94. The molecule has 1 unspecified atom stereocenters. The van der Waals surface area contributed by atoms with Crippen molar-refractivity contribution in [1.82, 2.24) is 4.90 Å². The Morgan fingerprint density at radius 3 is 3.28 bits per heavy atom. The van der Waals surface area contributed by atoms with E-state index in [-0.39, 0.29) is 6.10 Å². The second-order valence-electron chi connectivity index (χ2n) is 4.94. The molecule has 1 aliphatic rings. The third-order valence-electron chi connectivity index (χ3n) is 3.31. The molecular formula is C14H23NO2S. The first-order valence-corrected chi connectivity index (χ1v) is 7.71. The lowest BCUT2D eigenvalue weighted by Crippen LogP contribution is -2.37. The maximum Gasteiger partial charge on any atom is 0.0900 e. The molecule has 1 N–H and O–H groups in total. The molecule has 102 valence electrons. The first kappa shape index (κ1) is 14.0. The summed E-state index contributed by atoms with van der Waals surface area (Å²) in [7, 11) is 0. The number of hydrogen-bond acceptors (Lipinski definition) is 4. The molecule has 0 saturated carbocycles. The third-order valence-corrected chi connectivity index (χ3v) is 4.33. The van der Waals surface area contributed by atoms with Gasteiger partial charge in [-0.25, -0.2) is 0 Å². The summed E-state index contributed by atoms with van der Waals surface area (Å²) in [6.07, 6.45) is 2.98. The van der Waals surface area contributed by atoms with Gasteiger partial charge in [-0.3, -0.25) is 4.90 Å². The van der Waals surface area contributed by atoms with Crippen LogP contribution in [0.25, 0.3) is 0 Å². The van der Waals surface area contributed by atoms with Crippen LogP contribution in [-0.4, -0.2) is 42.4 Å². The Morgan fingerprint density at radius 2 is 2.44 bits per heavy atom. The molecule has 18 heavy (non-hydrogen) atoms. The molecule has 0 aliphatic carbocycles. The van der Waals surface area contributed by atoms with Crippen molar-refractivity contribution in [2.75, 3.05) is 26.3 Å². The average Bonchev–Trinajstić information content (AvgIpc) is 2.82. The summed E-state index contributed by atoms with van der Waals surface area (Å²) in [4.78, 5) is 3.84. The number of thiophene rings is 1. The predicted octanol–water partition coefficient (Wildman–Crippen LogP) is 2.28. The van der Waals surface area contributed by atoms with E-state index in [4.69, 9.17) is 4.74 Å². The fourth-order valence-corrected chi connectivity index (χ4v) is 3.17. The molecule has 0 saturated heterocycles. The molecule has 2 rings (SSSR count). The summed E-state index contributed by atoms with van der Waals surface area (Å²) < 4.78 is 5.46. The first-order valence-electron chi connectivity index (χ1n) is 6.83. The van der Waals surface area contributed by atoms with E-state index >= 15 is 0 Å². The average molecular weight is 269 g/mol. The van der Waals surface area contributed by atoms with Gasteiger partial charge in [-0.1, -0.05) is 13.3 Å². The van der Waals surface area contributed by atoms with Crippen LogP contribution in [0.4, 0.5) is 0 Å². The highest BCUT2D eigenvalue weighted by Gasteiger charge is 2.19. The summed E-state index contributed by atoms with van der Waals surface area (Å²) in [5, 5.41) is 12.1. The molecule has 0 bridgehead atoms. The quantitative estimate of drug-likeness (QED) is 0.771. The number of β-amino-alcohol motifs (C(OH)–C–C–N with tert-alkyl or cyclic N) is 1. The van der Waals surface area contributed by atoms with Crippen molar-refractivity contribution in [3.05, 3.63) is 21.9 Å². The van der Waals surface area contributed by atoms with Gasteiger partial charge in [0, 0.05) is 31.1 Å². The van der Waals surface area contributed by atoms with E-state index in [0.717, 1.165) is 45.5 Å². The molecule has 2 heterocycles. The number of aliphatic hydroxyl groups is 1. The van der Waals surface area contributed by atoms with Crippen molar-refractivity contribution < 1.29 is 9.84 Å². The van der Waals surface area contributed by atoms with E-state index in [1.165, 1.54) is 10.4 Å². The fourth-order valence-electron chi connectivity index (χ4n) is 2.28. The molecule has 0 spiro atoms. The minimum Gasteiger partial charge on any atom is -0.389 e. The van der Waals surface area contributed by atoms with Gasteiger partial charge in [-0.2, -0.15) is 0 Å². The number of nitrogens with zero attached hydrogens (tertiary/aromatic N) is 1. The van der Waals surface area contributed by atoms with E-state index < -0.39 is 0 Å². The topological polar surface area (TPSA) is 32.7 Å². The third kappa shape index (κ3) is 4.05. The standard InChI is InChI=1S/C14H23NO2S/c1-2-3-7-17-11-13(16)10-15-6-4-14-12(9-15)5-8-18-14/h5,8,13,16H,2-4,6-7,9-11H2,1H3. The van der Waals surface area contributed by atoms with Crippen molar-refractivity contribution in [1.29, 1.82) is 0 Å². The van der Waals surface area contributed by atoms with Crippen molar-refractivity contribution in [2.45, 2.75) is 38.8 Å².